The number of hydrogen-bond donors (Lipinski definition) is 1. The zero-order valence-corrected chi connectivity index (χ0v) is 12.7. The molecule has 0 aromatic heterocycles. The van der Waals surface area contributed by atoms with Gasteiger partial charge < -0.3 is 10.2 Å². The van der Waals surface area contributed by atoms with Crippen molar-refractivity contribution < 1.29 is 8.42 Å². The smallest absolute Gasteiger partial charge is 0.215 e. The predicted octanol–water partition coefficient (Wildman–Crippen LogP) is -1.14. The number of nitrogens with one attached hydrogen (secondary N) is 1. The SMILES string of the molecule is CN1CCCN(S(=O)(=O)CCN2CCNCC2)CC1. The third kappa shape index (κ3) is 4.68. The van der Waals surface area contributed by atoms with Gasteiger partial charge >= 0.3 is 0 Å². The maximum atomic E-state index is 12.4. The molecular formula is C12H26N4O2S. The van der Waals surface area contributed by atoms with E-state index in [-0.39, 0.29) is 5.75 Å². The summed E-state index contributed by atoms with van der Waals surface area (Å²) in [5.74, 6) is 0.261. The van der Waals surface area contributed by atoms with Crippen molar-refractivity contribution in [1.29, 1.82) is 0 Å². The van der Waals surface area contributed by atoms with Crippen LogP contribution in [0.1, 0.15) is 6.42 Å². The maximum absolute atomic E-state index is 12.4. The Hall–Kier alpha value is -0.210. The number of rotatable bonds is 4. The third-order valence-corrected chi connectivity index (χ3v) is 5.80. The van der Waals surface area contributed by atoms with Crippen LogP contribution in [0, 0.1) is 0 Å². The molecule has 0 aromatic carbocycles. The Balaban J connectivity index is 1.83. The first-order valence-electron chi connectivity index (χ1n) is 7.17. The summed E-state index contributed by atoms with van der Waals surface area (Å²) in [4.78, 5) is 4.43. The van der Waals surface area contributed by atoms with Gasteiger partial charge in [-0.05, 0) is 20.0 Å². The minimum atomic E-state index is -3.08. The molecule has 0 spiro atoms. The number of nitrogens with zero attached hydrogens (tertiary/aromatic N) is 3. The molecule has 2 aliphatic rings. The van der Waals surface area contributed by atoms with E-state index in [9.17, 15) is 8.42 Å². The van der Waals surface area contributed by atoms with Crippen molar-refractivity contribution in [1.82, 2.24) is 19.4 Å². The molecule has 2 rings (SSSR count). The van der Waals surface area contributed by atoms with Gasteiger partial charge in [0, 0.05) is 52.4 Å². The lowest BCUT2D eigenvalue weighted by atomic mass is 10.4. The quantitative estimate of drug-likeness (QED) is 0.709. The molecule has 0 amide bonds. The molecule has 2 heterocycles. The number of sulfonamides is 1. The fraction of sp³-hybridized carbons (Fsp3) is 1.00. The summed E-state index contributed by atoms with van der Waals surface area (Å²) in [6.07, 6.45) is 0.934. The predicted molar refractivity (Wildman–Crippen MR) is 76.8 cm³/mol. The first-order valence-corrected chi connectivity index (χ1v) is 8.78. The monoisotopic (exact) mass is 290 g/mol. The highest BCUT2D eigenvalue weighted by Gasteiger charge is 2.24. The van der Waals surface area contributed by atoms with Gasteiger partial charge in [-0.1, -0.05) is 0 Å². The molecular weight excluding hydrogens is 264 g/mol. The van der Waals surface area contributed by atoms with Gasteiger partial charge in [-0.15, -0.1) is 0 Å². The van der Waals surface area contributed by atoms with Crippen molar-refractivity contribution in [3.05, 3.63) is 0 Å². The second-order valence-corrected chi connectivity index (χ2v) is 7.55. The molecule has 0 radical (unpaired) electrons. The molecule has 0 atom stereocenters. The van der Waals surface area contributed by atoms with Crippen LogP contribution in [-0.4, -0.2) is 94.2 Å². The summed E-state index contributed by atoms with van der Waals surface area (Å²) < 4.78 is 26.4. The molecule has 0 unspecified atom stereocenters. The second-order valence-electron chi connectivity index (χ2n) is 5.46. The Bertz CT molecular complexity index is 368. The van der Waals surface area contributed by atoms with Gasteiger partial charge in [0.15, 0.2) is 0 Å². The molecule has 6 nitrogen and oxygen atoms in total. The van der Waals surface area contributed by atoms with E-state index < -0.39 is 10.0 Å². The Kier molecular flexibility index (Phi) is 5.58. The summed E-state index contributed by atoms with van der Waals surface area (Å²) in [5, 5.41) is 3.28. The molecule has 19 heavy (non-hydrogen) atoms. The number of likely N-dealkylation sites (N-methyl/N-ethyl adjacent to an activating group) is 1. The van der Waals surface area contributed by atoms with Crippen molar-refractivity contribution in [2.24, 2.45) is 0 Å². The van der Waals surface area contributed by atoms with Crippen LogP contribution in [0.5, 0.6) is 0 Å². The highest BCUT2D eigenvalue weighted by Crippen LogP contribution is 2.08. The van der Waals surface area contributed by atoms with E-state index in [1.54, 1.807) is 4.31 Å². The zero-order chi connectivity index (χ0) is 13.7. The van der Waals surface area contributed by atoms with Gasteiger partial charge in [0.2, 0.25) is 10.0 Å². The van der Waals surface area contributed by atoms with Gasteiger partial charge in [0.25, 0.3) is 0 Å². The second kappa shape index (κ2) is 6.99. The summed E-state index contributed by atoms with van der Waals surface area (Å²) >= 11 is 0. The summed E-state index contributed by atoms with van der Waals surface area (Å²) in [5.41, 5.74) is 0. The van der Waals surface area contributed by atoms with E-state index in [0.29, 0.717) is 19.6 Å². The van der Waals surface area contributed by atoms with Gasteiger partial charge in [0.05, 0.1) is 5.75 Å². The van der Waals surface area contributed by atoms with Gasteiger partial charge in [-0.2, -0.15) is 0 Å². The molecule has 0 bridgehead atoms. The van der Waals surface area contributed by atoms with Crippen LogP contribution in [0.3, 0.4) is 0 Å². The molecule has 0 aromatic rings. The van der Waals surface area contributed by atoms with Crippen LogP contribution in [-0.2, 0) is 10.0 Å². The van der Waals surface area contributed by atoms with Gasteiger partial charge in [-0.3, -0.25) is 4.90 Å². The average Bonchev–Trinajstić information content (AvgIpc) is 2.63. The first-order chi connectivity index (χ1) is 9.08. The highest BCUT2D eigenvalue weighted by molar-refractivity contribution is 7.89. The Morgan fingerprint density at radius 1 is 1.00 bits per heavy atom. The van der Waals surface area contributed by atoms with E-state index in [2.05, 4.69) is 22.2 Å². The minimum absolute atomic E-state index is 0.261. The first kappa shape index (κ1) is 15.2. The molecule has 2 saturated heterocycles. The fourth-order valence-electron chi connectivity index (χ4n) is 2.61. The highest BCUT2D eigenvalue weighted by atomic mass is 32.2. The van der Waals surface area contributed by atoms with Crippen molar-refractivity contribution in [3.63, 3.8) is 0 Å². The Morgan fingerprint density at radius 3 is 2.47 bits per heavy atom. The molecule has 1 N–H and O–H groups in total. The van der Waals surface area contributed by atoms with Crippen LogP contribution < -0.4 is 5.32 Å². The summed E-state index contributed by atoms with van der Waals surface area (Å²) in [7, 11) is -1.03. The maximum Gasteiger partial charge on any atom is 0.215 e. The van der Waals surface area contributed by atoms with E-state index in [4.69, 9.17) is 0 Å². The third-order valence-electron chi connectivity index (χ3n) is 3.95. The molecule has 7 heteroatoms. The van der Waals surface area contributed by atoms with E-state index in [1.165, 1.54) is 0 Å². The van der Waals surface area contributed by atoms with E-state index >= 15 is 0 Å². The van der Waals surface area contributed by atoms with Crippen LogP contribution in [0.4, 0.5) is 0 Å². The van der Waals surface area contributed by atoms with Crippen molar-refractivity contribution in [2.75, 3.05) is 71.7 Å². The molecule has 2 aliphatic heterocycles. The van der Waals surface area contributed by atoms with Crippen LogP contribution >= 0.6 is 0 Å². The molecule has 0 aliphatic carbocycles. The minimum Gasteiger partial charge on any atom is -0.314 e. The largest absolute Gasteiger partial charge is 0.314 e. The molecule has 112 valence electrons. The molecule has 2 fully saturated rings. The standard InChI is InChI=1S/C12H26N4O2S/c1-14-5-2-6-16(10-9-14)19(17,18)12-11-15-7-3-13-4-8-15/h13H,2-12H2,1H3. The zero-order valence-electron chi connectivity index (χ0n) is 11.8. The lowest BCUT2D eigenvalue weighted by Gasteiger charge is -2.28. The molecule has 0 saturated carbocycles. The van der Waals surface area contributed by atoms with Gasteiger partial charge in [-0.25, -0.2) is 12.7 Å². The average molecular weight is 290 g/mol. The van der Waals surface area contributed by atoms with Crippen LogP contribution in [0.15, 0.2) is 0 Å². The lowest BCUT2D eigenvalue weighted by molar-refractivity contribution is 0.252. The lowest BCUT2D eigenvalue weighted by Crippen LogP contribution is -2.46. The van der Waals surface area contributed by atoms with Crippen LogP contribution in [0.2, 0.25) is 0 Å². The fourth-order valence-corrected chi connectivity index (χ4v) is 4.12. The van der Waals surface area contributed by atoms with Gasteiger partial charge in [0.1, 0.15) is 0 Å². The summed E-state index contributed by atoms with van der Waals surface area (Å²) in [6.45, 7) is 7.65. The number of hydrogen-bond acceptors (Lipinski definition) is 5. The topological polar surface area (TPSA) is 55.9 Å². The van der Waals surface area contributed by atoms with Crippen molar-refractivity contribution in [3.8, 4) is 0 Å². The van der Waals surface area contributed by atoms with Crippen molar-refractivity contribution in [2.45, 2.75) is 6.42 Å². The van der Waals surface area contributed by atoms with Crippen molar-refractivity contribution >= 4 is 10.0 Å². The van der Waals surface area contributed by atoms with Crippen LogP contribution in [0.25, 0.3) is 0 Å². The summed E-state index contributed by atoms with van der Waals surface area (Å²) in [6, 6.07) is 0. The Morgan fingerprint density at radius 2 is 1.74 bits per heavy atom. The normalized spacial score (nSPS) is 25.3. The Labute approximate surface area is 116 Å². The number of piperazine rings is 1. The van der Waals surface area contributed by atoms with E-state index in [1.807, 2.05) is 0 Å². The van der Waals surface area contributed by atoms with E-state index in [0.717, 1.165) is 45.7 Å².